The molecule has 1 aliphatic heterocycles. The van der Waals surface area contributed by atoms with E-state index in [-0.39, 0.29) is 29.9 Å². The quantitative estimate of drug-likeness (QED) is 0.362. The Bertz CT molecular complexity index is 1350. The van der Waals surface area contributed by atoms with Gasteiger partial charge < -0.3 is 25.8 Å². The molecule has 1 amide bonds. The molecule has 10 nitrogen and oxygen atoms in total. The van der Waals surface area contributed by atoms with Gasteiger partial charge in [0, 0.05) is 31.2 Å². The Morgan fingerprint density at radius 2 is 1.77 bits per heavy atom. The molecule has 4 N–H and O–H groups in total. The second kappa shape index (κ2) is 10.8. The highest BCUT2D eigenvalue weighted by Crippen LogP contribution is 2.38. The smallest absolute Gasteiger partial charge is 0.403 e. The number of nitrogens with two attached hydrogens (primary N) is 1. The topological polar surface area (TPSA) is 129 Å². The van der Waals surface area contributed by atoms with Crippen LogP contribution in [0.15, 0.2) is 18.3 Å². The Morgan fingerprint density at radius 3 is 2.44 bits per heavy atom. The molecule has 210 valence electrons. The fourth-order valence-electron chi connectivity index (χ4n) is 4.99. The van der Waals surface area contributed by atoms with E-state index in [0.717, 1.165) is 18.9 Å². The molecule has 0 unspecified atom stereocenters. The van der Waals surface area contributed by atoms with E-state index in [1.807, 2.05) is 0 Å². The zero-order valence-corrected chi connectivity index (χ0v) is 20.6. The number of rotatable bonds is 7. The second-order valence-electron chi connectivity index (χ2n) is 9.56. The van der Waals surface area contributed by atoms with Gasteiger partial charge in [0.2, 0.25) is 23.6 Å². The van der Waals surface area contributed by atoms with Crippen molar-refractivity contribution in [2.75, 3.05) is 23.8 Å². The summed E-state index contributed by atoms with van der Waals surface area (Å²) >= 11 is 0. The van der Waals surface area contributed by atoms with Gasteiger partial charge >= 0.3 is 6.36 Å². The largest absolute Gasteiger partial charge is 0.573 e. The molecule has 0 atom stereocenters. The number of alkyl halides is 3. The van der Waals surface area contributed by atoms with Crippen LogP contribution in [0.3, 0.4) is 0 Å². The second-order valence-corrected chi connectivity index (χ2v) is 9.56. The number of primary amides is 1. The number of nitrogens with zero attached hydrogens (tertiary/aromatic N) is 4. The van der Waals surface area contributed by atoms with Gasteiger partial charge in [-0.05, 0) is 50.7 Å². The standard InChI is InChI=1S/C24H26F5N7O3/c25-18-15(5-6-17(19(18)26)39-24(27,28)29)33-23-34-16-11-31-22(32-13-7-9-38-10-8-13)35-21(16)36(23)14-3-1-12(2-4-14)20(30)37/h5-6,11-14H,1-4,7-10H2,(H2,30,37)(H,33,34)(H,31,32,35). The lowest BCUT2D eigenvalue weighted by atomic mass is 9.85. The van der Waals surface area contributed by atoms with Crippen molar-refractivity contribution in [3.05, 3.63) is 30.0 Å². The zero-order chi connectivity index (χ0) is 27.7. The minimum absolute atomic E-state index is 0.0906. The molecule has 1 saturated carbocycles. The molecule has 15 heteroatoms. The average Bonchev–Trinajstić information content (AvgIpc) is 3.25. The maximum atomic E-state index is 14.8. The highest BCUT2D eigenvalue weighted by Gasteiger charge is 2.34. The lowest BCUT2D eigenvalue weighted by molar-refractivity contribution is -0.275. The van der Waals surface area contributed by atoms with E-state index in [4.69, 9.17) is 10.5 Å². The minimum atomic E-state index is -5.19. The summed E-state index contributed by atoms with van der Waals surface area (Å²) in [7, 11) is 0. The molecule has 2 fully saturated rings. The Morgan fingerprint density at radius 1 is 1.05 bits per heavy atom. The third-order valence-electron chi connectivity index (χ3n) is 6.97. The van der Waals surface area contributed by atoms with Gasteiger partial charge in [0.15, 0.2) is 17.2 Å². The number of hydrogen-bond donors (Lipinski definition) is 3. The van der Waals surface area contributed by atoms with Gasteiger partial charge in [0.25, 0.3) is 0 Å². The lowest BCUT2D eigenvalue weighted by Crippen LogP contribution is -2.29. The van der Waals surface area contributed by atoms with E-state index < -0.39 is 29.4 Å². The monoisotopic (exact) mass is 555 g/mol. The Hall–Kier alpha value is -3.75. The third-order valence-corrected chi connectivity index (χ3v) is 6.97. The van der Waals surface area contributed by atoms with E-state index in [2.05, 4.69) is 30.3 Å². The van der Waals surface area contributed by atoms with E-state index >= 15 is 0 Å². The first-order valence-electron chi connectivity index (χ1n) is 12.5. The molecule has 0 bridgehead atoms. The van der Waals surface area contributed by atoms with Crippen LogP contribution in [0.1, 0.15) is 44.6 Å². The van der Waals surface area contributed by atoms with Gasteiger partial charge in [-0.15, -0.1) is 13.2 Å². The van der Waals surface area contributed by atoms with Crippen LogP contribution in [0.4, 0.5) is 39.5 Å². The number of benzene rings is 1. The first-order chi connectivity index (χ1) is 18.6. The van der Waals surface area contributed by atoms with Crippen molar-refractivity contribution in [1.29, 1.82) is 0 Å². The van der Waals surface area contributed by atoms with Gasteiger partial charge in [-0.1, -0.05) is 0 Å². The summed E-state index contributed by atoms with van der Waals surface area (Å²) in [5.74, 6) is -4.87. The number of imidazole rings is 1. The van der Waals surface area contributed by atoms with Crippen molar-refractivity contribution < 1.29 is 36.2 Å². The first-order valence-corrected chi connectivity index (χ1v) is 12.5. The maximum absolute atomic E-state index is 14.8. The molecule has 1 aromatic carbocycles. The van der Waals surface area contributed by atoms with Crippen molar-refractivity contribution >= 4 is 34.7 Å². The predicted molar refractivity (Wildman–Crippen MR) is 129 cm³/mol. The first kappa shape index (κ1) is 26.8. The van der Waals surface area contributed by atoms with Crippen molar-refractivity contribution in [2.45, 2.75) is 57.0 Å². The zero-order valence-electron chi connectivity index (χ0n) is 20.6. The summed E-state index contributed by atoms with van der Waals surface area (Å²) in [5.41, 5.74) is 5.82. The van der Waals surface area contributed by atoms with Crippen molar-refractivity contribution in [3.8, 4) is 5.75 Å². The molecule has 2 aliphatic rings. The highest BCUT2D eigenvalue weighted by molar-refractivity contribution is 5.78. The Kier molecular flexibility index (Phi) is 7.42. The van der Waals surface area contributed by atoms with Gasteiger partial charge in [-0.2, -0.15) is 9.37 Å². The van der Waals surface area contributed by atoms with Crippen LogP contribution >= 0.6 is 0 Å². The number of amides is 1. The molecule has 2 aromatic heterocycles. The lowest BCUT2D eigenvalue weighted by Gasteiger charge is -2.29. The predicted octanol–water partition coefficient (Wildman–Crippen LogP) is 4.55. The highest BCUT2D eigenvalue weighted by atomic mass is 19.4. The Balaban J connectivity index is 1.49. The van der Waals surface area contributed by atoms with Crippen LogP contribution in [0.2, 0.25) is 0 Å². The summed E-state index contributed by atoms with van der Waals surface area (Å²) in [6, 6.07) is 1.50. The molecule has 5 rings (SSSR count). The van der Waals surface area contributed by atoms with Crippen LogP contribution in [0, 0.1) is 17.6 Å². The third kappa shape index (κ3) is 5.97. The number of nitrogens with one attached hydrogen (secondary N) is 2. The normalized spacial score (nSPS) is 20.6. The SMILES string of the molecule is NC(=O)C1CCC(n2c(Nc3ccc(OC(F)(F)F)c(F)c3F)nc3cnc(NC4CCOCC4)nc32)CC1. The van der Waals surface area contributed by atoms with Gasteiger partial charge in [-0.3, -0.25) is 9.36 Å². The Labute approximate surface area is 219 Å². The van der Waals surface area contributed by atoms with Crippen molar-refractivity contribution in [2.24, 2.45) is 11.7 Å². The minimum Gasteiger partial charge on any atom is -0.403 e. The van der Waals surface area contributed by atoms with Crippen LogP contribution in [-0.4, -0.2) is 51.0 Å². The number of ether oxygens (including phenoxy) is 2. The molecule has 3 heterocycles. The molecule has 3 aromatic rings. The van der Waals surface area contributed by atoms with Gasteiger partial charge in [0.05, 0.1) is 11.9 Å². The van der Waals surface area contributed by atoms with Crippen LogP contribution in [-0.2, 0) is 9.53 Å². The summed E-state index contributed by atoms with van der Waals surface area (Å²) in [5, 5.41) is 5.98. The fourth-order valence-corrected chi connectivity index (χ4v) is 4.99. The van der Waals surface area contributed by atoms with Crippen LogP contribution < -0.4 is 21.1 Å². The fraction of sp³-hybridized carbons (Fsp3) is 0.500. The van der Waals surface area contributed by atoms with E-state index in [9.17, 15) is 26.7 Å². The number of carbonyl (C=O) groups is 1. The summed E-state index contributed by atoms with van der Waals surface area (Å²) in [4.78, 5) is 25.1. The van der Waals surface area contributed by atoms with Crippen LogP contribution in [0.25, 0.3) is 11.2 Å². The molecule has 0 radical (unpaired) electrons. The van der Waals surface area contributed by atoms with Crippen molar-refractivity contribution in [1.82, 2.24) is 19.5 Å². The number of hydrogen-bond acceptors (Lipinski definition) is 8. The molecule has 0 spiro atoms. The number of fused-ring (bicyclic) bond motifs is 1. The molecule has 1 aliphatic carbocycles. The number of halogens is 5. The average molecular weight is 556 g/mol. The summed E-state index contributed by atoms with van der Waals surface area (Å²) in [6.07, 6.45) is -0.0149. The number of carbonyl (C=O) groups excluding carboxylic acids is 1. The summed E-state index contributed by atoms with van der Waals surface area (Å²) < 4.78 is 77.5. The van der Waals surface area contributed by atoms with E-state index in [1.54, 1.807) is 4.57 Å². The van der Waals surface area contributed by atoms with Crippen molar-refractivity contribution in [3.63, 3.8) is 0 Å². The van der Waals surface area contributed by atoms with Crippen LogP contribution in [0.5, 0.6) is 5.75 Å². The number of anilines is 3. The maximum Gasteiger partial charge on any atom is 0.573 e. The molecular weight excluding hydrogens is 529 g/mol. The molecule has 1 saturated heterocycles. The van der Waals surface area contributed by atoms with E-state index in [0.29, 0.717) is 62.1 Å². The van der Waals surface area contributed by atoms with Gasteiger partial charge in [-0.25, -0.2) is 14.4 Å². The van der Waals surface area contributed by atoms with E-state index in [1.165, 1.54) is 6.20 Å². The molecular formula is C24H26F5N7O3. The number of aromatic nitrogens is 4. The summed E-state index contributed by atoms with van der Waals surface area (Å²) in [6.45, 7) is 1.23. The molecule has 39 heavy (non-hydrogen) atoms. The van der Waals surface area contributed by atoms with Gasteiger partial charge in [0.1, 0.15) is 5.52 Å².